The SMILES string of the molecule is CC=COCCNC(=O)C(F)(F)F. The van der Waals surface area contributed by atoms with Crippen LogP contribution in [-0.2, 0) is 9.53 Å². The topological polar surface area (TPSA) is 38.3 Å². The molecule has 3 nitrogen and oxygen atoms in total. The first-order valence-corrected chi connectivity index (χ1v) is 3.56. The number of carbonyl (C=O) groups excluding carboxylic acids is 1. The van der Waals surface area contributed by atoms with Crippen LogP contribution in [-0.4, -0.2) is 25.2 Å². The zero-order valence-corrected chi connectivity index (χ0v) is 7.02. The molecule has 1 N–H and O–H groups in total. The van der Waals surface area contributed by atoms with Crippen molar-refractivity contribution >= 4 is 5.91 Å². The van der Waals surface area contributed by atoms with Gasteiger partial charge in [0.1, 0.15) is 6.61 Å². The zero-order chi connectivity index (χ0) is 10.3. The monoisotopic (exact) mass is 197 g/mol. The molecule has 76 valence electrons. The molecule has 0 heterocycles. The molecule has 0 unspecified atom stereocenters. The van der Waals surface area contributed by atoms with E-state index in [1.165, 1.54) is 6.26 Å². The first-order chi connectivity index (χ1) is 5.98. The second kappa shape index (κ2) is 5.45. The lowest BCUT2D eigenvalue weighted by molar-refractivity contribution is -0.173. The fourth-order valence-electron chi connectivity index (χ4n) is 0.488. The van der Waals surface area contributed by atoms with E-state index >= 15 is 0 Å². The highest BCUT2D eigenvalue weighted by Crippen LogP contribution is 2.13. The predicted octanol–water partition coefficient (Wildman–Crippen LogP) is 1.22. The van der Waals surface area contributed by atoms with Gasteiger partial charge in [0.2, 0.25) is 0 Å². The second-order valence-electron chi connectivity index (χ2n) is 2.09. The van der Waals surface area contributed by atoms with Crippen LogP contribution in [0.15, 0.2) is 12.3 Å². The quantitative estimate of drug-likeness (QED) is 0.543. The molecule has 0 aliphatic rings. The first kappa shape index (κ1) is 11.8. The number of allylic oxidation sites excluding steroid dienone is 1. The van der Waals surface area contributed by atoms with Crippen molar-refractivity contribution in [2.24, 2.45) is 0 Å². The molecule has 6 heteroatoms. The Kier molecular flexibility index (Phi) is 4.94. The number of halogens is 3. The van der Waals surface area contributed by atoms with E-state index in [2.05, 4.69) is 4.74 Å². The number of ether oxygens (including phenoxy) is 1. The molecule has 0 spiro atoms. The molecule has 0 radical (unpaired) electrons. The van der Waals surface area contributed by atoms with E-state index in [4.69, 9.17) is 0 Å². The van der Waals surface area contributed by atoms with Crippen LogP contribution >= 0.6 is 0 Å². The Morgan fingerprint density at radius 3 is 2.62 bits per heavy atom. The molecule has 0 saturated heterocycles. The van der Waals surface area contributed by atoms with Crippen LogP contribution in [0.25, 0.3) is 0 Å². The van der Waals surface area contributed by atoms with Crippen LogP contribution in [0.1, 0.15) is 6.92 Å². The lowest BCUT2D eigenvalue weighted by Crippen LogP contribution is -2.38. The third-order valence-electron chi connectivity index (χ3n) is 0.995. The Balaban J connectivity index is 3.49. The third-order valence-corrected chi connectivity index (χ3v) is 0.995. The summed E-state index contributed by atoms with van der Waals surface area (Å²) in [6.07, 6.45) is -1.90. The largest absolute Gasteiger partial charge is 0.500 e. The van der Waals surface area contributed by atoms with Crippen molar-refractivity contribution in [2.75, 3.05) is 13.2 Å². The molecule has 0 bridgehead atoms. The maximum atomic E-state index is 11.6. The lowest BCUT2D eigenvalue weighted by Gasteiger charge is -2.06. The van der Waals surface area contributed by atoms with Crippen LogP contribution in [0.5, 0.6) is 0 Å². The number of carbonyl (C=O) groups is 1. The number of hydrogen-bond donors (Lipinski definition) is 1. The van der Waals surface area contributed by atoms with Gasteiger partial charge >= 0.3 is 12.1 Å². The van der Waals surface area contributed by atoms with Gasteiger partial charge in [0.25, 0.3) is 0 Å². The van der Waals surface area contributed by atoms with Crippen molar-refractivity contribution in [1.82, 2.24) is 5.32 Å². The summed E-state index contributed by atoms with van der Waals surface area (Å²) in [5.41, 5.74) is 0. The number of hydrogen-bond acceptors (Lipinski definition) is 2. The van der Waals surface area contributed by atoms with Crippen LogP contribution < -0.4 is 5.32 Å². The Bertz CT molecular complexity index is 189. The minimum Gasteiger partial charge on any atom is -0.500 e. The standard InChI is InChI=1S/C7H10F3NO2/c1-2-4-13-5-3-11-6(12)7(8,9)10/h2,4H,3,5H2,1H3,(H,11,12). The van der Waals surface area contributed by atoms with Crippen molar-refractivity contribution in [1.29, 1.82) is 0 Å². The normalized spacial score (nSPS) is 11.7. The fourth-order valence-corrected chi connectivity index (χ4v) is 0.488. The van der Waals surface area contributed by atoms with Crippen molar-refractivity contribution in [2.45, 2.75) is 13.1 Å². The lowest BCUT2D eigenvalue weighted by atomic mass is 10.5. The van der Waals surface area contributed by atoms with E-state index < -0.39 is 12.1 Å². The van der Waals surface area contributed by atoms with E-state index in [1.807, 2.05) is 0 Å². The maximum absolute atomic E-state index is 11.6. The van der Waals surface area contributed by atoms with Gasteiger partial charge < -0.3 is 10.1 Å². The maximum Gasteiger partial charge on any atom is 0.471 e. The zero-order valence-electron chi connectivity index (χ0n) is 7.02. The van der Waals surface area contributed by atoms with Gasteiger partial charge in [0.15, 0.2) is 0 Å². The van der Waals surface area contributed by atoms with Crippen molar-refractivity contribution in [3.8, 4) is 0 Å². The first-order valence-electron chi connectivity index (χ1n) is 3.56. The molecule has 1 amide bonds. The molecule has 0 fully saturated rings. The summed E-state index contributed by atoms with van der Waals surface area (Å²) in [6.45, 7) is 1.56. The molecule has 13 heavy (non-hydrogen) atoms. The Labute approximate surface area is 73.6 Å². The molecule has 0 saturated carbocycles. The molecule has 0 aliphatic carbocycles. The number of amides is 1. The van der Waals surface area contributed by atoms with Crippen molar-refractivity contribution in [3.63, 3.8) is 0 Å². The van der Waals surface area contributed by atoms with E-state index in [-0.39, 0.29) is 13.2 Å². The molecule has 0 aromatic rings. The fraction of sp³-hybridized carbons (Fsp3) is 0.571. The van der Waals surface area contributed by atoms with E-state index in [0.29, 0.717) is 0 Å². The van der Waals surface area contributed by atoms with Crippen LogP contribution in [0.4, 0.5) is 13.2 Å². The summed E-state index contributed by atoms with van der Waals surface area (Å²) in [4.78, 5) is 10.2. The highest BCUT2D eigenvalue weighted by molar-refractivity contribution is 5.81. The summed E-state index contributed by atoms with van der Waals surface area (Å²) in [7, 11) is 0. The van der Waals surface area contributed by atoms with Crippen molar-refractivity contribution in [3.05, 3.63) is 12.3 Å². The Hall–Kier alpha value is -1.20. The summed E-state index contributed by atoms with van der Waals surface area (Å²) >= 11 is 0. The molecule has 0 aliphatic heterocycles. The number of rotatable bonds is 4. The molecule has 0 aromatic heterocycles. The molecule has 0 aromatic carbocycles. The van der Waals surface area contributed by atoms with Crippen molar-refractivity contribution < 1.29 is 22.7 Å². The number of alkyl halides is 3. The van der Waals surface area contributed by atoms with Gasteiger partial charge in [-0.1, -0.05) is 6.08 Å². The van der Waals surface area contributed by atoms with Gasteiger partial charge in [0.05, 0.1) is 12.8 Å². The molecular formula is C7H10F3NO2. The number of nitrogens with one attached hydrogen (secondary N) is 1. The van der Waals surface area contributed by atoms with E-state index in [0.717, 1.165) is 0 Å². The third kappa shape index (κ3) is 6.01. The van der Waals surface area contributed by atoms with Gasteiger partial charge in [-0.3, -0.25) is 4.79 Å². The predicted molar refractivity (Wildman–Crippen MR) is 39.8 cm³/mol. The summed E-state index contributed by atoms with van der Waals surface area (Å²) < 4.78 is 39.4. The van der Waals surface area contributed by atoms with Gasteiger partial charge in [-0.05, 0) is 6.92 Å². The smallest absolute Gasteiger partial charge is 0.471 e. The second-order valence-corrected chi connectivity index (χ2v) is 2.09. The minimum atomic E-state index is -4.82. The summed E-state index contributed by atoms with van der Waals surface area (Å²) in [5.74, 6) is -1.95. The van der Waals surface area contributed by atoms with E-state index in [9.17, 15) is 18.0 Å². The van der Waals surface area contributed by atoms with Gasteiger partial charge in [-0.15, -0.1) is 0 Å². The van der Waals surface area contributed by atoms with Gasteiger partial charge in [0, 0.05) is 0 Å². The van der Waals surface area contributed by atoms with Gasteiger partial charge in [-0.2, -0.15) is 13.2 Å². The highest BCUT2D eigenvalue weighted by Gasteiger charge is 2.38. The summed E-state index contributed by atoms with van der Waals surface area (Å²) in [6, 6.07) is 0. The van der Waals surface area contributed by atoms with Crippen LogP contribution in [0, 0.1) is 0 Å². The van der Waals surface area contributed by atoms with Crippen LogP contribution in [0.3, 0.4) is 0 Å². The summed E-state index contributed by atoms with van der Waals surface area (Å²) in [5, 5.41) is 1.66. The van der Waals surface area contributed by atoms with Crippen LogP contribution in [0.2, 0.25) is 0 Å². The average molecular weight is 197 g/mol. The molecule has 0 atom stereocenters. The Morgan fingerprint density at radius 1 is 1.54 bits per heavy atom. The van der Waals surface area contributed by atoms with E-state index in [1.54, 1.807) is 18.3 Å². The Morgan fingerprint density at radius 2 is 2.15 bits per heavy atom. The average Bonchev–Trinajstić information content (AvgIpc) is 2.02. The van der Waals surface area contributed by atoms with Gasteiger partial charge in [-0.25, -0.2) is 0 Å². The minimum absolute atomic E-state index is 0.0200. The highest BCUT2D eigenvalue weighted by atomic mass is 19.4. The molecular weight excluding hydrogens is 187 g/mol. The molecule has 0 rings (SSSR count).